The second-order valence-corrected chi connectivity index (χ2v) is 6.05. The molecule has 2 aromatic heterocycles. The van der Waals surface area contributed by atoms with Crippen LogP contribution in [0.2, 0.25) is 0 Å². The van der Waals surface area contributed by atoms with E-state index in [0.29, 0.717) is 22.6 Å². The molecule has 0 spiro atoms. The van der Waals surface area contributed by atoms with E-state index in [1.807, 2.05) is 30.3 Å². The molecule has 0 aliphatic carbocycles. The number of nitrogens with zero attached hydrogens (tertiary/aromatic N) is 2. The van der Waals surface area contributed by atoms with Crippen molar-refractivity contribution >= 4 is 11.8 Å². The third kappa shape index (κ3) is 3.28. The van der Waals surface area contributed by atoms with Crippen molar-refractivity contribution in [3.05, 3.63) is 58.7 Å². The number of carbonyl (C=O) groups excluding carboxylic acids is 2. The van der Waals surface area contributed by atoms with Crippen LogP contribution >= 0.6 is 0 Å². The van der Waals surface area contributed by atoms with Gasteiger partial charge in [-0.05, 0) is 33.3 Å². The Morgan fingerprint density at radius 2 is 1.88 bits per heavy atom. The highest BCUT2D eigenvalue weighted by Crippen LogP contribution is 2.24. The molecule has 1 aromatic carbocycles. The third-order valence-electron chi connectivity index (χ3n) is 4.10. The van der Waals surface area contributed by atoms with E-state index in [1.54, 1.807) is 20.8 Å². The van der Waals surface area contributed by atoms with Crippen LogP contribution in [0.15, 0.2) is 34.9 Å². The molecular formula is C19H19N3O4. The molecule has 1 N–H and O–H groups in total. The molecule has 26 heavy (non-hydrogen) atoms. The Hall–Kier alpha value is -3.22. The van der Waals surface area contributed by atoms with Crippen LogP contribution in [0.5, 0.6) is 0 Å². The van der Waals surface area contributed by atoms with Crippen molar-refractivity contribution in [3.8, 4) is 11.4 Å². The minimum absolute atomic E-state index is 0.104. The molecule has 3 aromatic rings. The number of hydrogen-bond acceptors (Lipinski definition) is 6. The van der Waals surface area contributed by atoms with E-state index in [1.165, 1.54) is 6.92 Å². The quantitative estimate of drug-likeness (QED) is 0.553. The number of aromatic nitrogens is 3. The second-order valence-electron chi connectivity index (χ2n) is 6.05. The first-order valence-corrected chi connectivity index (χ1v) is 8.18. The molecule has 134 valence electrons. The normalized spacial score (nSPS) is 12.0. The van der Waals surface area contributed by atoms with Gasteiger partial charge >= 0.3 is 5.97 Å². The zero-order valence-electron chi connectivity index (χ0n) is 15.0. The first kappa shape index (κ1) is 17.6. The first-order valence-electron chi connectivity index (χ1n) is 8.18. The van der Waals surface area contributed by atoms with Gasteiger partial charge in [-0.25, -0.2) is 4.79 Å². The average Bonchev–Trinajstić information content (AvgIpc) is 3.20. The van der Waals surface area contributed by atoms with Gasteiger partial charge in [-0.15, -0.1) is 0 Å². The predicted octanol–water partition coefficient (Wildman–Crippen LogP) is 3.80. The van der Waals surface area contributed by atoms with E-state index in [-0.39, 0.29) is 17.4 Å². The van der Waals surface area contributed by atoms with Gasteiger partial charge in [-0.3, -0.25) is 4.79 Å². The number of H-pyrrole nitrogens is 1. The minimum atomic E-state index is -0.726. The summed E-state index contributed by atoms with van der Waals surface area (Å²) in [5.74, 6) is -0.0583. The van der Waals surface area contributed by atoms with E-state index in [9.17, 15) is 9.59 Å². The van der Waals surface area contributed by atoms with Crippen LogP contribution in [0.4, 0.5) is 0 Å². The number of aromatic amines is 1. The zero-order chi connectivity index (χ0) is 18.8. The van der Waals surface area contributed by atoms with Crippen molar-refractivity contribution in [1.29, 1.82) is 0 Å². The number of rotatable bonds is 5. The van der Waals surface area contributed by atoms with Gasteiger partial charge in [-0.2, -0.15) is 4.98 Å². The van der Waals surface area contributed by atoms with Crippen LogP contribution in [-0.2, 0) is 4.74 Å². The monoisotopic (exact) mass is 353 g/mol. The van der Waals surface area contributed by atoms with E-state index in [0.717, 1.165) is 5.56 Å². The summed E-state index contributed by atoms with van der Waals surface area (Å²) in [5.41, 5.74) is 2.78. The maximum atomic E-state index is 12.5. The Balaban J connectivity index is 1.77. The van der Waals surface area contributed by atoms with E-state index in [2.05, 4.69) is 15.1 Å². The van der Waals surface area contributed by atoms with Gasteiger partial charge < -0.3 is 14.2 Å². The SMILES string of the molecule is CC(=O)c1c(C)[nH]c(C(=O)O[C@H](C)c2nc(-c3ccccc3)no2)c1C. The van der Waals surface area contributed by atoms with Crippen molar-refractivity contribution in [1.82, 2.24) is 15.1 Å². The van der Waals surface area contributed by atoms with Crippen molar-refractivity contribution in [3.63, 3.8) is 0 Å². The molecule has 2 heterocycles. The van der Waals surface area contributed by atoms with Crippen molar-refractivity contribution in [2.75, 3.05) is 0 Å². The van der Waals surface area contributed by atoms with Gasteiger partial charge in [0.2, 0.25) is 5.82 Å². The number of Topliss-reactive ketones (excluding diaryl/α,β-unsaturated/α-hetero) is 1. The van der Waals surface area contributed by atoms with Gasteiger partial charge in [0.1, 0.15) is 5.69 Å². The smallest absolute Gasteiger partial charge is 0.355 e. The highest BCUT2D eigenvalue weighted by Gasteiger charge is 2.25. The summed E-state index contributed by atoms with van der Waals surface area (Å²) in [4.78, 5) is 31.4. The van der Waals surface area contributed by atoms with Crippen molar-refractivity contribution in [2.24, 2.45) is 0 Å². The maximum Gasteiger partial charge on any atom is 0.355 e. The van der Waals surface area contributed by atoms with Crippen LogP contribution in [0, 0.1) is 13.8 Å². The summed E-state index contributed by atoms with van der Waals surface area (Å²) >= 11 is 0. The Morgan fingerprint density at radius 3 is 2.50 bits per heavy atom. The molecule has 0 radical (unpaired) electrons. The number of ketones is 1. The number of nitrogens with one attached hydrogen (secondary N) is 1. The van der Waals surface area contributed by atoms with Crippen LogP contribution in [0.3, 0.4) is 0 Å². The topological polar surface area (TPSA) is 98.1 Å². The predicted molar refractivity (Wildman–Crippen MR) is 93.8 cm³/mol. The van der Waals surface area contributed by atoms with E-state index < -0.39 is 12.1 Å². The second kappa shape index (κ2) is 6.95. The number of aryl methyl sites for hydroxylation is 1. The minimum Gasteiger partial charge on any atom is -0.448 e. The van der Waals surface area contributed by atoms with Crippen LogP contribution < -0.4 is 0 Å². The highest BCUT2D eigenvalue weighted by atomic mass is 16.6. The lowest BCUT2D eigenvalue weighted by Gasteiger charge is -2.08. The summed E-state index contributed by atoms with van der Waals surface area (Å²) < 4.78 is 10.6. The lowest BCUT2D eigenvalue weighted by atomic mass is 10.1. The fourth-order valence-electron chi connectivity index (χ4n) is 2.86. The van der Waals surface area contributed by atoms with E-state index in [4.69, 9.17) is 9.26 Å². The molecule has 0 saturated heterocycles. The summed E-state index contributed by atoms with van der Waals surface area (Å²) in [6.07, 6.45) is -0.726. The molecule has 7 nitrogen and oxygen atoms in total. The molecule has 0 amide bonds. The first-order chi connectivity index (χ1) is 12.4. The fraction of sp³-hybridized carbons (Fsp3) is 0.263. The van der Waals surface area contributed by atoms with Crippen LogP contribution in [-0.4, -0.2) is 26.9 Å². The lowest BCUT2D eigenvalue weighted by molar-refractivity contribution is 0.0258. The Morgan fingerprint density at radius 1 is 1.19 bits per heavy atom. The molecule has 0 unspecified atom stereocenters. The average molecular weight is 353 g/mol. The summed E-state index contributed by atoms with van der Waals surface area (Å²) in [6.45, 7) is 6.57. The number of ether oxygens (including phenoxy) is 1. The summed E-state index contributed by atoms with van der Waals surface area (Å²) in [6, 6.07) is 9.36. The molecule has 0 bridgehead atoms. The molecule has 0 fully saturated rings. The summed E-state index contributed by atoms with van der Waals surface area (Å²) in [7, 11) is 0. The Kier molecular flexibility index (Phi) is 4.71. The van der Waals surface area contributed by atoms with E-state index >= 15 is 0 Å². The van der Waals surface area contributed by atoms with Crippen LogP contribution in [0.25, 0.3) is 11.4 Å². The molecule has 0 aliphatic rings. The largest absolute Gasteiger partial charge is 0.448 e. The standard InChI is InChI=1S/C19H19N3O4/c1-10-15(12(3)23)11(2)20-16(10)19(24)25-13(4)18-21-17(22-26-18)14-8-6-5-7-9-14/h5-9,13,20H,1-4H3/t13-/m1/s1. The van der Waals surface area contributed by atoms with Gasteiger partial charge in [-0.1, -0.05) is 35.5 Å². The van der Waals surface area contributed by atoms with Crippen molar-refractivity contribution in [2.45, 2.75) is 33.8 Å². The van der Waals surface area contributed by atoms with Gasteiger partial charge in [0.15, 0.2) is 11.9 Å². The van der Waals surface area contributed by atoms with Gasteiger partial charge in [0.05, 0.1) is 0 Å². The number of esters is 1. The molecule has 0 aliphatic heterocycles. The lowest BCUT2D eigenvalue weighted by Crippen LogP contribution is -2.11. The third-order valence-corrected chi connectivity index (χ3v) is 4.10. The number of hydrogen-bond donors (Lipinski definition) is 1. The zero-order valence-corrected chi connectivity index (χ0v) is 15.0. The van der Waals surface area contributed by atoms with Crippen molar-refractivity contribution < 1.29 is 18.8 Å². The number of benzene rings is 1. The van der Waals surface area contributed by atoms with Gasteiger partial charge in [0.25, 0.3) is 5.89 Å². The molecule has 0 saturated carbocycles. The Bertz CT molecular complexity index is 957. The molecule has 7 heteroatoms. The highest BCUT2D eigenvalue weighted by molar-refractivity contribution is 6.01. The van der Waals surface area contributed by atoms with Crippen LogP contribution in [0.1, 0.15) is 57.9 Å². The van der Waals surface area contributed by atoms with Gasteiger partial charge in [0, 0.05) is 16.8 Å². The molecule has 3 rings (SSSR count). The Labute approximate surface area is 150 Å². The maximum absolute atomic E-state index is 12.5. The fourth-order valence-corrected chi connectivity index (χ4v) is 2.86. The molecular weight excluding hydrogens is 334 g/mol. The number of carbonyl (C=O) groups is 2. The molecule has 1 atom stereocenters. The summed E-state index contributed by atoms with van der Waals surface area (Å²) in [5, 5.41) is 3.92.